The molecule has 0 aliphatic carbocycles. The predicted molar refractivity (Wildman–Crippen MR) is 82.8 cm³/mol. The Morgan fingerprint density at radius 3 is 1.21 bits per heavy atom. The third-order valence-corrected chi connectivity index (χ3v) is 4.27. The molecule has 28 heavy (non-hydrogen) atoms. The van der Waals surface area contributed by atoms with Crippen molar-refractivity contribution in [2.24, 2.45) is 0 Å². The van der Waals surface area contributed by atoms with Crippen LogP contribution in [0.3, 0.4) is 0 Å². The van der Waals surface area contributed by atoms with Crippen LogP contribution in [0.4, 0.5) is 26.3 Å². The second kappa shape index (κ2) is 5.98. The smallest absolute Gasteiger partial charge is 0.258 e. The second-order valence-electron chi connectivity index (χ2n) is 5.84. The number of halogens is 6. The Morgan fingerprint density at radius 2 is 0.857 bits per heavy atom. The van der Waals surface area contributed by atoms with Crippen molar-refractivity contribution in [2.45, 2.75) is 0 Å². The summed E-state index contributed by atoms with van der Waals surface area (Å²) in [6.07, 6.45) is 0. The van der Waals surface area contributed by atoms with E-state index in [0.29, 0.717) is 24.3 Å². The number of carbonyl (C=O) groups is 2. The Bertz CT molecular complexity index is 1080. The Hall–Kier alpha value is -3.56. The maximum Gasteiger partial charge on any atom is 0.258 e. The van der Waals surface area contributed by atoms with Crippen molar-refractivity contribution in [2.75, 3.05) is 0 Å². The molecule has 2 N–H and O–H groups in total. The highest BCUT2D eigenvalue weighted by atomic mass is 19.2. The standard InChI is InChI=1S/C18H6F6N2O2/c19-5-1-3-7(21)13(23)9(5)15-11-12(18(28)25-15)16(26-17(11)27)10-6(20)2-4-8(22)14(10)24/h1-4H,(H,25,28)(H,26,27). The zero-order valence-corrected chi connectivity index (χ0v) is 13.4. The number of nitrogens with one attached hydrogen (secondary N) is 2. The van der Waals surface area contributed by atoms with E-state index in [1.165, 1.54) is 0 Å². The molecule has 4 rings (SSSR count). The van der Waals surface area contributed by atoms with E-state index < -0.39 is 80.4 Å². The van der Waals surface area contributed by atoms with E-state index in [4.69, 9.17) is 0 Å². The van der Waals surface area contributed by atoms with Gasteiger partial charge in [-0.3, -0.25) is 9.59 Å². The molecule has 2 amide bonds. The molecule has 0 spiro atoms. The van der Waals surface area contributed by atoms with Gasteiger partial charge in [0.05, 0.1) is 33.7 Å². The van der Waals surface area contributed by atoms with Crippen LogP contribution in [0, 0.1) is 34.9 Å². The van der Waals surface area contributed by atoms with Crippen molar-refractivity contribution in [3.63, 3.8) is 0 Å². The van der Waals surface area contributed by atoms with Crippen molar-refractivity contribution < 1.29 is 35.9 Å². The molecule has 0 radical (unpaired) electrons. The summed E-state index contributed by atoms with van der Waals surface area (Å²) in [4.78, 5) is 24.6. The molecule has 0 unspecified atom stereocenters. The molecule has 0 atom stereocenters. The summed E-state index contributed by atoms with van der Waals surface area (Å²) in [5.74, 6) is -11.1. The average Bonchev–Trinajstić information content (AvgIpc) is 3.15. The summed E-state index contributed by atoms with van der Waals surface area (Å²) in [6.45, 7) is 0. The third kappa shape index (κ3) is 2.34. The van der Waals surface area contributed by atoms with E-state index in [1.807, 2.05) is 10.6 Å². The Balaban J connectivity index is 2.03. The first-order valence-corrected chi connectivity index (χ1v) is 7.61. The number of fused-ring (bicyclic) bond motifs is 1. The minimum Gasteiger partial charge on any atom is -0.320 e. The number of benzene rings is 2. The first kappa shape index (κ1) is 17.8. The van der Waals surface area contributed by atoms with Crippen LogP contribution in [-0.4, -0.2) is 11.8 Å². The lowest BCUT2D eigenvalue weighted by Crippen LogP contribution is -2.23. The van der Waals surface area contributed by atoms with Crippen LogP contribution in [0.15, 0.2) is 35.4 Å². The molecule has 0 saturated heterocycles. The molecule has 10 heteroatoms. The quantitative estimate of drug-likeness (QED) is 0.606. The molecular formula is C18H6F6N2O2. The molecule has 0 aromatic heterocycles. The lowest BCUT2D eigenvalue weighted by atomic mass is 10.0. The molecule has 4 nitrogen and oxygen atoms in total. The molecule has 0 bridgehead atoms. The molecule has 2 aliphatic rings. The molecule has 2 aromatic rings. The first-order valence-electron chi connectivity index (χ1n) is 7.61. The van der Waals surface area contributed by atoms with Crippen molar-refractivity contribution in [1.29, 1.82) is 0 Å². The van der Waals surface area contributed by atoms with Crippen molar-refractivity contribution in [3.8, 4) is 0 Å². The molecule has 142 valence electrons. The topological polar surface area (TPSA) is 58.2 Å². The first-order chi connectivity index (χ1) is 13.2. The molecule has 2 heterocycles. The van der Waals surface area contributed by atoms with Gasteiger partial charge in [0.25, 0.3) is 11.8 Å². The number of amides is 2. The summed E-state index contributed by atoms with van der Waals surface area (Å²) >= 11 is 0. The highest BCUT2D eigenvalue weighted by Gasteiger charge is 2.43. The SMILES string of the molecule is O=C1NC(c2c(F)ccc(F)c2F)=C2C(=O)NC(c3c(F)ccc(F)c3F)=C12. The van der Waals surface area contributed by atoms with Gasteiger partial charge >= 0.3 is 0 Å². The number of carbonyl (C=O) groups excluding carboxylic acids is 2. The van der Waals surface area contributed by atoms with Crippen LogP contribution in [0.1, 0.15) is 11.1 Å². The molecular weight excluding hydrogens is 390 g/mol. The molecule has 0 saturated carbocycles. The van der Waals surface area contributed by atoms with E-state index >= 15 is 0 Å². The van der Waals surface area contributed by atoms with Gasteiger partial charge < -0.3 is 10.6 Å². The van der Waals surface area contributed by atoms with E-state index in [2.05, 4.69) is 0 Å². The molecule has 0 fully saturated rings. The van der Waals surface area contributed by atoms with E-state index in [9.17, 15) is 35.9 Å². The highest BCUT2D eigenvalue weighted by molar-refractivity contribution is 6.30. The van der Waals surface area contributed by atoms with Crippen LogP contribution in [0.2, 0.25) is 0 Å². The summed E-state index contributed by atoms with van der Waals surface area (Å²) in [6, 6.07) is 2.17. The zero-order valence-electron chi connectivity index (χ0n) is 13.4. The van der Waals surface area contributed by atoms with Crippen LogP contribution in [-0.2, 0) is 9.59 Å². The molecule has 2 aliphatic heterocycles. The highest BCUT2D eigenvalue weighted by Crippen LogP contribution is 2.40. The van der Waals surface area contributed by atoms with Crippen molar-refractivity contribution in [3.05, 3.63) is 81.4 Å². The van der Waals surface area contributed by atoms with Gasteiger partial charge in [-0.05, 0) is 24.3 Å². The van der Waals surface area contributed by atoms with Crippen molar-refractivity contribution in [1.82, 2.24) is 10.6 Å². The summed E-state index contributed by atoms with van der Waals surface area (Å²) in [5.41, 5.74) is -4.78. The third-order valence-electron chi connectivity index (χ3n) is 4.27. The van der Waals surface area contributed by atoms with Gasteiger partial charge in [0.1, 0.15) is 11.6 Å². The number of hydrogen-bond donors (Lipinski definition) is 2. The summed E-state index contributed by atoms with van der Waals surface area (Å²) in [5, 5.41) is 4.00. The Kier molecular flexibility index (Phi) is 3.81. The minimum atomic E-state index is -1.67. The fourth-order valence-electron chi connectivity index (χ4n) is 3.07. The maximum absolute atomic E-state index is 14.1. The molecule has 2 aromatic carbocycles. The largest absolute Gasteiger partial charge is 0.320 e. The zero-order chi connectivity index (χ0) is 20.3. The normalized spacial score (nSPS) is 15.9. The minimum absolute atomic E-state index is 0.505. The van der Waals surface area contributed by atoms with Crippen molar-refractivity contribution >= 4 is 23.2 Å². The maximum atomic E-state index is 14.1. The van der Waals surface area contributed by atoms with Crippen LogP contribution in [0.25, 0.3) is 11.4 Å². The van der Waals surface area contributed by atoms with Gasteiger partial charge in [-0.1, -0.05) is 0 Å². The number of hydrogen-bond acceptors (Lipinski definition) is 2. The van der Waals surface area contributed by atoms with Gasteiger partial charge in [0.15, 0.2) is 23.3 Å². The Morgan fingerprint density at radius 1 is 0.536 bits per heavy atom. The van der Waals surface area contributed by atoms with E-state index in [1.54, 1.807) is 0 Å². The van der Waals surface area contributed by atoms with Gasteiger partial charge in [0, 0.05) is 0 Å². The number of rotatable bonds is 2. The lowest BCUT2D eigenvalue weighted by molar-refractivity contribution is -0.117. The second-order valence-corrected chi connectivity index (χ2v) is 5.84. The average molecular weight is 396 g/mol. The fraction of sp³-hybridized carbons (Fsp3) is 0. The summed E-state index contributed by atoms with van der Waals surface area (Å²) in [7, 11) is 0. The van der Waals surface area contributed by atoms with Crippen LogP contribution in [0.5, 0.6) is 0 Å². The predicted octanol–water partition coefficient (Wildman–Crippen LogP) is 2.90. The van der Waals surface area contributed by atoms with E-state index in [-0.39, 0.29) is 0 Å². The van der Waals surface area contributed by atoms with E-state index in [0.717, 1.165) is 0 Å². The van der Waals surface area contributed by atoms with Gasteiger partial charge in [-0.25, -0.2) is 26.3 Å². The monoisotopic (exact) mass is 396 g/mol. The van der Waals surface area contributed by atoms with Crippen LogP contribution < -0.4 is 10.6 Å². The summed E-state index contributed by atoms with van der Waals surface area (Å²) < 4.78 is 83.4. The lowest BCUT2D eigenvalue weighted by Gasteiger charge is -2.10. The van der Waals surface area contributed by atoms with Gasteiger partial charge in [-0.2, -0.15) is 0 Å². The van der Waals surface area contributed by atoms with Gasteiger partial charge in [0.2, 0.25) is 0 Å². The Labute approximate surface area is 152 Å². The fourth-order valence-corrected chi connectivity index (χ4v) is 3.07. The van der Waals surface area contributed by atoms with Gasteiger partial charge in [-0.15, -0.1) is 0 Å². The van der Waals surface area contributed by atoms with Crippen LogP contribution >= 0.6 is 0 Å².